The van der Waals surface area contributed by atoms with Crippen LogP contribution in [0.3, 0.4) is 0 Å². The largest absolute Gasteiger partial charge is 0.381 e. The second-order valence-electron chi connectivity index (χ2n) is 4.23. The first-order valence-electron chi connectivity index (χ1n) is 4.85. The summed E-state index contributed by atoms with van der Waals surface area (Å²) in [7, 11) is 2.02. The van der Waals surface area contributed by atoms with Gasteiger partial charge in [-0.1, -0.05) is 0 Å². The standard InChI is InChI=1S/C10H19NO2/c1-10(2,8-12)11(3)9-4-6-13-7-5-9/h8-9H,4-7H2,1-3H3. The van der Waals surface area contributed by atoms with Crippen molar-refractivity contribution in [3.63, 3.8) is 0 Å². The molecule has 0 aromatic heterocycles. The summed E-state index contributed by atoms with van der Waals surface area (Å²) in [6.45, 7) is 5.55. The molecule has 1 fully saturated rings. The normalized spacial score (nSPS) is 20.6. The summed E-state index contributed by atoms with van der Waals surface area (Å²) >= 11 is 0. The van der Waals surface area contributed by atoms with E-state index in [1.807, 2.05) is 20.9 Å². The number of ether oxygens (including phenoxy) is 1. The quantitative estimate of drug-likeness (QED) is 0.616. The van der Waals surface area contributed by atoms with Crippen molar-refractivity contribution >= 4 is 6.29 Å². The molecule has 0 aromatic rings. The van der Waals surface area contributed by atoms with Gasteiger partial charge in [-0.15, -0.1) is 0 Å². The molecule has 0 unspecified atom stereocenters. The van der Waals surface area contributed by atoms with E-state index in [1.54, 1.807) is 0 Å². The molecule has 0 bridgehead atoms. The molecule has 76 valence electrons. The first-order valence-corrected chi connectivity index (χ1v) is 4.85. The van der Waals surface area contributed by atoms with Gasteiger partial charge in [-0.25, -0.2) is 0 Å². The minimum atomic E-state index is -0.345. The molecule has 3 heteroatoms. The minimum absolute atomic E-state index is 0.345. The lowest BCUT2D eigenvalue weighted by Gasteiger charge is -2.39. The SMILES string of the molecule is CN(C1CCOCC1)C(C)(C)C=O. The number of aldehydes is 1. The lowest BCUT2D eigenvalue weighted by Crippen LogP contribution is -2.50. The average molecular weight is 185 g/mol. The molecule has 1 heterocycles. The smallest absolute Gasteiger partial charge is 0.139 e. The molecular weight excluding hydrogens is 166 g/mol. The second-order valence-corrected chi connectivity index (χ2v) is 4.23. The lowest BCUT2D eigenvalue weighted by molar-refractivity contribution is -0.118. The average Bonchev–Trinajstić information content (AvgIpc) is 2.18. The molecule has 0 aromatic carbocycles. The molecule has 0 atom stereocenters. The third-order valence-corrected chi connectivity index (χ3v) is 2.94. The number of likely N-dealkylation sites (N-methyl/N-ethyl adjacent to an activating group) is 1. The topological polar surface area (TPSA) is 29.5 Å². The molecule has 1 aliphatic rings. The third-order valence-electron chi connectivity index (χ3n) is 2.94. The molecule has 0 spiro atoms. The second kappa shape index (κ2) is 4.20. The van der Waals surface area contributed by atoms with E-state index >= 15 is 0 Å². The molecule has 0 N–H and O–H groups in total. The van der Waals surface area contributed by atoms with Gasteiger partial charge < -0.3 is 9.53 Å². The fraction of sp³-hybridized carbons (Fsp3) is 0.900. The van der Waals surface area contributed by atoms with Gasteiger partial charge in [0.15, 0.2) is 0 Å². The van der Waals surface area contributed by atoms with Crippen molar-refractivity contribution in [2.24, 2.45) is 0 Å². The van der Waals surface area contributed by atoms with E-state index in [0.29, 0.717) is 6.04 Å². The molecule has 1 aliphatic heterocycles. The highest BCUT2D eigenvalue weighted by molar-refractivity contribution is 5.62. The minimum Gasteiger partial charge on any atom is -0.381 e. The highest BCUT2D eigenvalue weighted by Crippen LogP contribution is 2.20. The maximum Gasteiger partial charge on any atom is 0.139 e. The Morgan fingerprint density at radius 2 is 1.92 bits per heavy atom. The molecule has 0 saturated carbocycles. The number of carbonyl (C=O) groups is 1. The summed E-state index contributed by atoms with van der Waals surface area (Å²) < 4.78 is 5.28. The van der Waals surface area contributed by atoms with E-state index in [1.165, 1.54) is 0 Å². The van der Waals surface area contributed by atoms with E-state index in [2.05, 4.69) is 4.90 Å². The fourth-order valence-corrected chi connectivity index (χ4v) is 1.63. The van der Waals surface area contributed by atoms with Crippen molar-refractivity contribution in [2.75, 3.05) is 20.3 Å². The van der Waals surface area contributed by atoms with Gasteiger partial charge in [0, 0.05) is 19.3 Å². The Morgan fingerprint density at radius 1 is 1.38 bits per heavy atom. The summed E-state index contributed by atoms with van der Waals surface area (Å²) in [4.78, 5) is 13.0. The lowest BCUT2D eigenvalue weighted by atomic mass is 9.99. The van der Waals surface area contributed by atoms with Crippen molar-refractivity contribution in [1.29, 1.82) is 0 Å². The van der Waals surface area contributed by atoms with Crippen molar-refractivity contribution in [3.05, 3.63) is 0 Å². The third kappa shape index (κ3) is 2.51. The van der Waals surface area contributed by atoms with Crippen LogP contribution in [0.2, 0.25) is 0 Å². The van der Waals surface area contributed by atoms with Gasteiger partial charge >= 0.3 is 0 Å². The Labute approximate surface area is 80.1 Å². The summed E-state index contributed by atoms with van der Waals surface area (Å²) in [6, 6.07) is 0.494. The number of rotatable bonds is 3. The zero-order valence-electron chi connectivity index (χ0n) is 8.75. The fourth-order valence-electron chi connectivity index (χ4n) is 1.63. The molecule has 1 rings (SSSR count). The van der Waals surface area contributed by atoms with Crippen LogP contribution in [0, 0.1) is 0 Å². The maximum absolute atomic E-state index is 10.8. The Morgan fingerprint density at radius 3 is 2.38 bits per heavy atom. The van der Waals surface area contributed by atoms with Crippen LogP contribution in [-0.2, 0) is 9.53 Å². The molecule has 0 aliphatic carbocycles. The number of hydrogen-bond donors (Lipinski definition) is 0. The van der Waals surface area contributed by atoms with Crippen LogP contribution in [-0.4, -0.2) is 43.0 Å². The Kier molecular flexibility index (Phi) is 3.45. The molecule has 3 nitrogen and oxygen atoms in total. The Bertz CT molecular complexity index is 174. The van der Waals surface area contributed by atoms with Crippen LogP contribution in [0.4, 0.5) is 0 Å². The highest BCUT2D eigenvalue weighted by Gasteiger charge is 2.29. The van der Waals surface area contributed by atoms with E-state index in [-0.39, 0.29) is 5.54 Å². The van der Waals surface area contributed by atoms with Crippen LogP contribution >= 0.6 is 0 Å². The first-order chi connectivity index (χ1) is 6.08. The van der Waals surface area contributed by atoms with E-state index in [4.69, 9.17) is 4.74 Å². The van der Waals surface area contributed by atoms with Gasteiger partial charge in [0.05, 0.1) is 5.54 Å². The van der Waals surface area contributed by atoms with Crippen LogP contribution < -0.4 is 0 Å². The van der Waals surface area contributed by atoms with Crippen LogP contribution in [0.1, 0.15) is 26.7 Å². The van der Waals surface area contributed by atoms with Crippen molar-refractivity contribution in [2.45, 2.75) is 38.3 Å². The summed E-state index contributed by atoms with van der Waals surface area (Å²) in [6.07, 6.45) is 3.09. The highest BCUT2D eigenvalue weighted by atomic mass is 16.5. The zero-order chi connectivity index (χ0) is 9.90. The van der Waals surface area contributed by atoms with Crippen LogP contribution in [0.25, 0.3) is 0 Å². The van der Waals surface area contributed by atoms with Crippen molar-refractivity contribution in [1.82, 2.24) is 4.90 Å². The van der Waals surface area contributed by atoms with E-state index in [9.17, 15) is 4.79 Å². The number of hydrogen-bond acceptors (Lipinski definition) is 3. The summed E-state index contributed by atoms with van der Waals surface area (Å²) in [5.74, 6) is 0. The molecule has 0 radical (unpaired) electrons. The van der Waals surface area contributed by atoms with E-state index in [0.717, 1.165) is 32.3 Å². The monoisotopic (exact) mass is 185 g/mol. The van der Waals surface area contributed by atoms with Gasteiger partial charge in [-0.05, 0) is 33.7 Å². The van der Waals surface area contributed by atoms with Crippen LogP contribution in [0.5, 0.6) is 0 Å². The first kappa shape index (κ1) is 10.7. The predicted molar refractivity (Wildman–Crippen MR) is 51.7 cm³/mol. The summed E-state index contributed by atoms with van der Waals surface area (Å²) in [5.41, 5.74) is -0.345. The summed E-state index contributed by atoms with van der Waals surface area (Å²) in [5, 5.41) is 0. The maximum atomic E-state index is 10.8. The zero-order valence-corrected chi connectivity index (χ0v) is 8.75. The molecular formula is C10H19NO2. The van der Waals surface area contributed by atoms with Crippen LogP contribution in [0.15, 0.2) is 0 Å². The Hall–Kier alpha value is -0.410. The number of nitrogens with zero attached hydrogens (tertiary/aromatic N) is 1. The van der Waals surface area contributed by atoms with Gasteiger partial charge in [0.25, 0.3) is 0 Å². The van der Waals surface area contributed by atoms with Crippen molar-refractivity contribution < 1.29 is 9.53 Å². The molecule has 1 saturated heterocycles. The Balaban J connectivity index is 2.54. The van der Waals surface area contributed by atoms with Gasteiger partial charge in [-0.2, -0.15) is 0 Å². The molecule has 13 heavy (non-hydrogen) atoms. The van der Waals surface area contributed by atoms with Gasteiger partial charge in [-0.3, -0.25) is 4.90 Å². The van der Waals surface area contributed by atoms with E-state index < -0.39 is 0 Å². The molecule has 0 amide bonds. The number of carbonyl (C=O) groups excluding carboxylic acids is 1. The van der Waals surface area contributed by atoms with Gasteiger partial charge in [0.1, 0.15) is 6.29 Å². The van der Waals surface area contributed by atoms with Gasteiger partial charge in [0.2, 0.25) is 0 Å². The van der Waals surface area contributed by atoms with Crippen molar-refractivity contribution in [3.8, 4) is 0 Å². The predicted octanol–water partition coefficient (Wildman–Crippen LogP) is 1.07.